The van der Waals surface area contributed by atoms with Crippen LogP contribution in [0.1, 0.15) is 35.1 Å². The van der Waals surface area contributed by atoms with Crippen LogP contribution < -0.4 is 66.4 Å². The topological polar surface area (TPSA) is 717 Å². The van der Waals surface area contributed by atoms with Gasteiger partial charge in [0.05, 0.1) is 6.04 Å². The third-order valence-corrected chi connectivity index (χ3v) is 1.40. The van der Waals surface area contributed by atoms with Gasteiger partial charge in [-0.25, -0.2) is 0 Å². The Hall–Kier alpha value is -0.670. The van der Waals surface area contributed by atoms with Crippen molar-refractivity contribution >= 4 is 32.9 Å². The minimum atomic E-state index is -0.220. The lowest BCUT2D eigenvalue weighted by Crippen LogP contribution is -2.36. The number of primary amides is 1. The maximum Gasteiger partial charge on any atom is 0.234 e. The van der Waals surface area contributed by atoms with Crippen LogP contribution in [0.15, 0.2) is 0 Å². The molecule has 25 heteroatoms. The fourth-order valence-electron chi connectivity index (χ4n) is 0.927. The molecule has 0 aromatic carbocycles. The highest BCUT2D eigenvalue weighted by Gasteiger charge is 2.18. The molecule has 0 spiro atoms. The molecule has 0 aliphatic carbocycles. The van der Waals surface area contributed by atoms with E-state index < -0.39 is 0 Å². The van der Waals surface area contributed by atoms with Crippen molar-refractivity contribution in [2.75, 3.05) is 6.54 Å². The Morgan fingerprint density at radius 1 is 0.545 bits per heavy atom. The van der Waals surface area contributed by atoms with Crippen LogP contribution in [0.5, 0.6) is 0 Å². The van der Waals surface area contributed by atoms with E-state index >= 15 is 0 Å². The minimum Gasteiger partial charge on any atom is -0.412 e. The lowest BCUT2D eigenvalue weighted by molar-refractivity contribution is -0.119. The highest BCUT2D eigenvalue weighted by molar-refractivity contribution is 7.59. The van der Waals surface area contributed by atoms with E-state index in [-0.39, 0.29) is 177 Å². The molecule has 1 rings (SSSR count). The fraction of sp³-hybridized carbons (Fsp3) is 0.875. The van der Waals surface area contributed by atoms with E-state index in [1.807, 2.05) is 0 Å². The number of carbonyl (C=O) groups excluding carboxylic acids is 1. The molecule has 246 valence electrons. The van der Waals surface area contributed by atoms with Crippen LogP contribution in [-0.4, -0.2) is 78.7 Å². The third kappa shape index (κ3) is 253. The maximum atomic E-state index is 10.4. The zero-order chi connectivity index (χ0) is 5.98. The van der Waals surface area contributed by atoms with Crippen molar-refractivity contribution in [2.45, 2.75) is 41.2 Å². The Labute approximate surface area is 212 Å². The average Bonchev–Trinajstić information content (AvgIpc) is 2.12. The highest BCUT2D eigenvalue weighted by Crippen LogP contribution is 2.02. The van der Waals surface area contributed by atoms with Gasteiger partial charge in [-0.3, -0.25) is 4.79 Å². The number of amides is 1. The molecule has 1 aliphatic heterocycles. The average molecular weight is 582 g/mol. The van der Waals surface area contributed by atoms with Crippen molar-refractivity contribution < 1.29 is 65.0 Å². The molecule has 0 bridgehead atoms. The van der Waals surface area contributed by atoms with E-state index in [1.54, 1.807) is 0 Å². The second kappa shape index (κ2) is 331. The van der Waals surface area contributed by atoms with E-state index in [0.29, 0.717) is 0 Å². The van der Waals surface area contributed by atoms with Crippen molar-refractivity contribution in [3.05, 3.63) is 0 Å². The largest absolute Gasteiger partial charge is 0.412 e. The molecule has 0 aromatic rings. The molecule has 52 N–H and O–H groups in total. The third-order valence-electron chi connectivity index (χ3n) is 1.40. The van der Waals surface area contributed by atoms with Crippen molar-refractivity contribution in [1.29, 1.82) is 0 Å². The van der Waals surface area contributed by atoms with Crippen molar-refractivity contribution in [1.82, 2.24) is 60.7 Å². The molecule has 0 aromatic heterocycles. The van der Waals surface area contributed by atoms with E-state index in [4.69, 9.17) is 5.73 Å². The predicted octanol–water partition coefficient (Wildman–Crippen LogP) is -6.26. The molecule has 23 nitrogen and oxygen atoms in total. The number of rotatable bonds is 1. The Morgan fingerprint density at radius 2 is 0.727 bits per heavy atom. The normalized spacial score (nSPS) is 6.85. The first-order valence-corrected chi connectivity index (χ1v) is 2.83. The molecule has 1 heterocycles. The van der Waals surface area contributed by atoms with Gasteiger partial charge in [-0.2, -0.15) is 27.0 Å². The number of nitrogens with two attached hydrogens (primary N) is 1. The van der Waals surface area contributed by atoms with E-state index in [0.717, 1.165) is 19.4 Å². The molecule has 1 fully saturated rings. The SMILES string of the molecule is C.C.C.N.N.N.N.N.N.N.N.N.NC(=O)C1CCCN1.O.O.O.O.O.O.O.O.O.O.O.S.S. The van der Waals surface area contributed by atoms with Gasteiger partial charge in [-0.1, -0.05) is 22.3 Å². The van der Waals surface area contributed by atoms with Crippen LogP contribution in [0, 0.1) is 0 Å². The number of carbonyl (C=O) groups is 1. The van der Waals surface area contributed by atoms with Crippen LogP contribution in [0.3, 0.4) is 0 Å². The molecule has 1 atom stereocenters. The van der Waals surface area contributed by atoms with Gasteiger partial charge >= 0.3 is 0 Å². The van der Waals surface area contributed by atoms with E-state index in [1.165, 1.54) is 0 Å². The van der Waals surface area contributed by atoms with Gasteiger partial charge in [0.25, 0.3) is 0 Å². The first kappa shape index (κ1) is 591. The smallest absolute Gasteiger partial charge is 0.234 e. The molecule has 1 amide bonds. The fourth-order valence-corrected chi connectivity index (χ4v) is 0.927. The van der Waals surface area contributed by atoms with E-state index in [2.05, 4.69) is 5.32 Å². The van der Waals surface area contributed by atoms with Crippen LogP contribution in [0.25, 0.3) is 0 Å². The predicted molar refractivity (Wildman–Crippen MR) is 156 cm³/mol. The van der Waals surface area contributed by atoms with Gasteiger partial charge in [0.15, 0.2) is 0 Å². The summed E-state index contributed by atoms with van der Waals surface area (Å²) < 4.78 is 0. The molecule has 1 saturated heterocycles. The van der Waals surface area contributed by atoms with Gasteiger partial charge < -0.3 is 127 Å². The second-order valence-electron chi connectivity index (χ2n) is 2.05. The molecule has 1 aliphatic rings. The summed E-state index contributed by atoms with van der Waals surface area (Å²) in [5.41, 5.74) is 5.00. The zero-order valence-corrected chi connectivity index (χ0v) is 19.5. The first-order chi connectivity index (χ1) is 3.80. The molecule has 0 saturated carbocycles. The summed E-state index contributed by atoms with van der Waals surface area (Å²) in [6, 6.07) is -0.0463. The lowest BCUT2D eigenvalue weighted by Gasteiger charge is -2.01. The standard InChI is InChI=1S/C5H10N2O.3CH4.9H3N.11H2O.2H2S/c6-5(8)4-2-1-3-7-4;;;;;;;;;;;;;;;;;;;;;;;;;/h4,7H,1-3H2,(H2,6,8);3*1H4;9*1H3;13*1H2. The molecule has 33 heavy (non-hydrogen) atoms. The first-order valence-electron chi connectivity index (χ1n) is 2.83. The molecule has 1 unspecified atom stereocenters. The van der Waals surface area contributed by atoms with Crippen LogP contribution in [0.4, 0.5) is 0 Å². The summed E-state index contributed by atoms with van der Waals surface area (Å²) in [5, 5.41) is 2.98. The van der Waals surface area contributed by atoms with Crippen molar-refractivity contribution in [3.63, 3.8) is 0 Å². The van der Waals surface area contributed by atoms with Crippen LogP contribution in [0.2, 0.25) is 0 Å². The van der Waals surface area contributed by atoms with E-state index in [9.17, 15) is 4.79 Å². The van der Waals surface area contributed by atoms with Crippen molar-refractivity contribution in [2.24, 2.45) is 5.73 Å². The summed E-state index contributed by atoms with van der Waals surface area (Å²) in [5.74, 6) is -0.220. The quantitative estimate of drug-likeness (QED) is 0.138. The van der Waals surface area contributed by atoms with Gasteiger partial charge in [-0.05, 0) is 19.4 Å². The summed E-state index contributed by atoms with van der Waals surface area (Å²) >= 11 is 0. The summed E-state index contributed by atoms with van der Waals surface area (Å²) in [6.07, 6.45) is 1.99. The Balaban J connectivity index is -0.00000000111. The Bertz CT molecular complexity index is 146. The molecular weight excluding hydrogens is 506 g/mol. The zero-order valence-electron chi connectivity index (χ0n) is 17.5. The Kier molecular flexibility index (Phi) is 5930. The van der Waals surface area contributed by atoms with Gasteiger partial charge in [0.2, 0.25) is 5.91 Å². The second-order valence-corrected chi connectivity index (χ2v) is 2.05. The summed E-state index contributed by atoms with van der Waals surface area (Å²) in [7, 11) is 0. The summed E-state index contributed by atoms with van der Waals surface area (Å²) in [4.78, 5) is 10.4. The van der Waals surface area contributed by atoms with Gasteiger partial charge in [0, 0.05) is 0 Å². The lowest BCUT2D eigenvalue weighted by atomic mass is 10.2. The number of hydrogen-bond acceptors (Lipinski definition) is 11. The van der Waals surface area contributed by atoms with Crippen LogP contribution >= 0.6 is 27.0 Å². The van der Waals surface area contributed by atoms with Gasteiger partial charge in [0.1, 0.15) is 0 Å². The maximum absolute atomic E-state index is 10.4. The molecular formula is C8H75N11O12S2. The molecule has 0 radical (unpaired) electrons. The number of hydrogen-bond donors (Lipinski definition) is 11. The monoisotopic (exact) mass is 582 g/mol. The minimum absolute atomic E-state index is 0. The van der Waals surface area contributed by atoms with Gasteiger partial charge in [-0.15, -0.1) is 0 Å². The highest BCUT2D eigenvalue weighted by atomic mass is 32.1. The summed E-state index contributed by atoms with van der Waals surface area (Å²) in [6.45, 7) is 0.938. The number of nitrogens with one attached hydrogen (secondary N) is 1. The Morgan fingerprint density at radius 3 is 0.788 bits per heavy atom. The van der Waals surface area contributed by atoms with Crippen LogP contribution in [-0.2, 0) is 4.79 Å². The van der Waals surface area contributed by atoms with Crippen molar-refractivity contribution in [3.8, 4) is 0 Å².